The second kappa shape index (κ2) is 67.8. The Hall–Kier alpha value is -6.04. The quantitative estimate of drug-likeness (QED) is 0.0166. The molecule has 0 bridgehead atoms. The monoisotopic (exact) mass is 1400 g/mol. The first-order chi connectivity index (χ1) is 47.4. The number of hydrogen-bond donors (Lipinski definition) is 15. The number of benzene rings is 2. The van der Waals surface area contributed by atoms with E-state index in [1.807, 2.05) is 58.1 Å². The van der Waals surface area contributed by atoms with Crippen molar-refractivity contribution in [3.63, 3.8) is 0 Å². The Morgan fingerprint density at radius 1 is 0.384 bits per heavy atom. The maximum Gasteiger partial charge on any atom is 0.123 e. The standard InChI is InChI=1S/C22H29FO4.C21H25FO5.C21H36O3.C8H18O3.C7H16O3/c1-2-3-11-21(25)22(26)12-9-7-5-4-6-8-10-19(24)17-27-20-15-13-18(23)14-16-20;1-2-26-16-21(25)20(24)10-8-6-4-3-5-7-9-18(23)15-27-19-13-11-17(22)12-14-19;1-4-6-13-17-21(3,24)18-14-11-9-8-10-12-16-20(23)19(22)15-7-5-2;1-2-3-4-5-7(10)8(11)6-9;1-2-3-4-6(9)7(10)5-8/h4-10,12-16,19,21-22,24-26H,2-3,11,17H2,1H3;4,6-14,18,20-21,23-25H,2,15-16H2,1H3;8-12,14,16,18-20,22-24H,4-7,13,15,17H2,1-3H3;7-11H,2-6H2,1H3;6-10H,2-5H2,1H3/b6-4-,7-5+,10-8+,12-9+;6-4+,9-7+,10-8+;10-8+,11-9-,16-12+,18-14+;;/t19-,21-,22+;18-,20+,21-;19-,20+,21?;7-,8+;6-,7+/m00000/s1. The van der Waals surface area contributed by atoms with E-state index in [-0.39, 0.29) is 44.7 Å². The fourth-order valence-electron chi connectivity index (χ4n) is 7.75. The van der Waals surface area contributed by atoms with Crippen LogP contribution in [0.5, 0.6) is 11.5 Å². The van der Waals surface area contributed by atoms with E-state index in [1.54, 1.807) is 85.1 Å². The second-order valence-electron chi connectivity index (χ2n) is 23.3. The van der Waals surface area contributed by atoms with E-state index in [0.29, 0.717) is 43.8 Å². The molecule has 0 fully saturated rings. The number of aliphatic hydroxyl groups excluding tert-OH is 14. The van der Waals surface area contributed by atoms with E-state index in [9.17, 15) is 54.7 Å². The molecule has 0 aromatic heterocycles. The summed E-state index contributed by atoms with van der Waals surface area (Å²) in [7, 11) is 0. The highest BCUT2D eigenvalue weighted by Crippen LogP contribution is 2.17. The lowest BCUT2D eigenvalue weighted by atomic mass is 9.98. The highest BCUT2D eigenvalue weighted by Gasteiger charge is 2.17. The van der Waals surface area contributed by atoms with E-state index in [0.717, 1.165) is 83.5 Å². The van der Waals surface area contributed by atoms with E-state index in [2.05, 4.69) is 32.6 Å². The van der Waals surface area contributed by atoms with Gasteiger partial charge in [-0.05, 0) is 113 Å². The Labute approximate surface area is 590 Å². The molecule has 0 radical (unpaired) electrons. The zero-order valence-corrected chi connectivity index (χ0v) is 59.7. The first-order valence-electron chi connectivity index (χ1n) is 34.8. The Morgan fingerprint density at radius 3 is 1.16 bits per heavy atom. The predicted molar refractivity (Wildman–Crippen MR) is 392 cm³/mol. The van der Waals surface area contributed by atoms with Gasteiger partial charge in [-0.2, -0.15) is 0 Å². The van der Waals surface area contributed by atoms with Gasteiger partial charge in [0.05, 0.1) is 62.0 Å². The smallest absolute Gasteiger partial charge is 0.123 e. The summed E-state index contributed by atoms with van der Waals surface area (Å²) < 4.78 is 41.2. The maximum absolute atomic E-state index is 12.8. The molecule has 15 N–H and O–H groups in total. The molecule has 0 aliphatic carbocycles. The van der Waals surface area contributed by atoms with Crippen LogP contribution in [-0.2, 0) is 4.74 Å². The normalized spacial score (nSPS) is 16.3. The topological polar surface area (TPSA) is 331 Å². The van der Waals surface area contributed by atoms with Gasteiger partial charge in [0.2, 0.25) is 0 Å². The fourth-order valence-corrected chi connectivity index (χ4v) is 7.75. The van der Waals surface area contributed by atoms with Crippen LogP contribution >= 0.6 is 0 Å². The van der Waals surface area contributed by atoms with Gasteiger partial charge < -0.3 is 90.8 Å². The molecule has 13 atom stereocenters. The number of rotatable bonds is 46. The van der Waals surface area contributed by atoms with Crippen molar-refractivity contribution in [3.8, 4) is 23.3 Å². The van der Waals surface area contributed by atoms with Crippen molar-refractivity contribution >= 4 is 0 Å². The van der Waals surface area contributed by atoms with Crippen molar-refractivity contribution in [1.29, 1.82) is 0 Å². The second-order valence-corrected chi connectivity index (χ2v) is 23.3. The molecule has 2 rings (SSSR count). The molecule has 0 aliphatic rings. The largest absolute Gasteiger partial charge is 0.491 e. The van der Waals surface area contributed by atoms with E-state index in [1.165, 1.54) is 66.8 Å². The summed E-state index contributed by atoms with van der Waals surface area (Å²) in [5, 5.41) is 141. The van der Waals surface area contributed by atoms with Gasteiger partial charge in [0, 0.05) is 6.61 Å². The van der Waals surface area contributed by atoms with Crippen LogP contribution < -0.4 is 9.47 Å². The Balaban J connectivity index is -0.00000122. The molecule has 18 nitrogen and oxygen atoms in total. The Bertz CT molecular complexity index is 2570. The third kappa shape index (κ3) is 62.7. The average molecular weight is 1400 g/mol. The van der Waals surface area contributed by atoms with Crippen LogP contribution in [0.1, 0.15) is 158 Å². The minimum absolute atomic E-state index is 0.0321. The van der Waals surface area contributed by atoms with E-state index in [4.69, 9.17) is 44.8 Å². The van der Waals surface area contributed by atoms with Gasteiger partial charge in [-0.3, -0.25) is 0 Å². The summed E-state index contributed by atoms with van der Waals surface area (Å²) in [6.07, 6.45) is 42.2. The van der Waals surface area contributed by atoms with Crippen molar-refractivity contribution in [3.05, 3.63) is 194 Å². The summed E-state index contributed by atoms with van der Waals surface area (Å²) in [4.78, 5) is 0. The van der Waals surface area contributed by atoms with Crippen LogP contribution in [-0.4, -0.2) is 195 Å². The summed E-state index contributed by atoms with van der Waals surface area (Å²) >= 11 is 0. The van der Waals surface area contributed by atoms with Gasteiger partial charge in [-0.1, -0.05) is 239 Å². The Kier molecular flexibility index (Phi) is 66.5. The van der Waals surface area contributed by atoms with E-state index < -0.39 is 78.8 Å². The minimum Gasteiger partial charge on any atom is -0.491 e. The summed E-state index contributed by atoms with van der Waals surface area (Å²) in [5.41, 5.74) is -0.748. The highest BCUT2D eigenvalue weighted by atomic mass is 19.1. The average Bonchev–Trinajstić information content (AvgIpc) is 1.07. The molecule has 0 aliphatic heterocycles. The number of hydrogen-bond acceptors (Lipinski definition) is 18. The van der Waals surface area contributed by atoms with Crippen molar-refractivity contribution in [1.82, 2.24) is 0 Å². The molecular weight excluding hydrogens is 1270 g/mol. The third-order valence-corrected chi connectivity index (χ3v) is 14.0. The van der Waals surface area contributed by atoms with Gasteiger partial charge in [-0.25, -0.2) is 8.78 Å². The summed E-state index contributed by atoms with van der Waals surface area (Å²) in [6, 6.07) is 11.1. The molecule has 0 saturated heterocycles. The molecule has 0 spiro atoms. The molecule has 99 heavy (non-hydrogen) atoms. The number of allylic oxidation sites excluding steroid dienone is 16. The molecule has 20 heteroatoms. The number of aliphatic hydroxyl groups is 15. The first-order valence-corrected chi connectivity index (χ1v) is 34.8. The van der Waals surface area contributed by atoms with Crippen LogP contribution in [0.4, 0.5) is 8.78 Å². The lowest BCUT2D eigenvalue weighted by molar-refractivity contribution is -0.0185. The number of unbranched alkanes of at least 4 members (excludes halogenated alkanes) is 7. The van der Waals surface area contributed by atoms with Crippen LogP contribution in [0.25, 0.3) is 0 Å². The summed E-state index contributed by atoms with van der Waals surface area (Å²) in [6.45, 7) is 13.9. The highest BCUT2D eigenvalue weighted by molar-refractivity contribution is 5.27. The SMILES string of the molecule is CCCCCC(C)(O)/C=C/C=C\C=C\C=C\[C@@H](O)[C@@H](O)CCCC.CCCCC[C@H](O)[C@H](O)CO.CCCC[C@H](O)[C@H](O)/C=C/C=C/C=C\C=C\[C@H](O)COc1ccc(F)cc1.CCCC[C@H](O)[C@H](O)CO.CCOC[C@H](O)[C@H](O)/C=C/C=C/C#C/C=C/[C@H](O)COc1ccc(F)cc1. The zero-order valence-electron chi connectivity index (χ0n) is 59.7. The molecular formula is C79H124F2O18. The van der Waals surface area contributed by atoms with Gasteiger partial charge in [0.15, 0.2) is 0 Å². The van der Waals surface area contributed by atoms with Gasteiger partial charge in [0.1, 0.15) is 73.0 Å². The lowest BCUT2D eigenvalue weighted by Crippen LogP contribution is -2.28. The minimum atomic E-state index is -1.01. The zero-order chi connectivity index (χ0) is 74.7. The molecule has 1 unspecified atom stereocenters. The van der Waals surface area contributed by atoms with E-state index >= 15 is 0 Å². The number of halogens is 2. The fraction of sp³-hybridized carbons (Fsp3) is 0.544. The molecule has 2 aromatic carbocycles. The van der Waals surface area contributed by atoms with Gasteiger partial charge >= 0.3 is 0 Å². The van der Waals surface area contributed by atoms with Crippen LogP contribution in [0.2, 0.25) is 0 Å². The molecule has 2 aromatic rings. The predicted octanol–water partition coefficient (Wildman–Crippen LogP) is 10.3. The van der Waals surface area contributed by atoms with Crippen molar-refractivity contribution in [2.75, 3.05) is 39.6 Å². The lowest BCUT2D eigenvalue weighted by Gasteiger charge is -2.18. The molecule has 0 amide bonds. The summed E-state index contributed by atoms with van der Waals surface area (Å²) in [5.74, 6) is 5.72. The van der Waals surface area contributed by atoms with Crippen LogP contribution in [0.3, 0.4) is 0 Å². The molecule has 0 heterocycles. The molecule has 0 saturated carbocycles. The molecule has 562 valence electrons. The Morgan fingerprint density at radius 2 is 0.737 bits per heavy atom. The third-order valence-electron chi connectivity index (χ3n) is 14.0. The van der Waals surface area contributed by atoms with Crippen molar-refractivity contribution < 1.29 is 99.6 Å². The van der Waals surface area contributed by atoms with Crippen LogP contribution in [0, 0.1) is 23.5 Å². The van der Waals surface area contributed by atoms with Crippen molar-refractivity contribution in [2.24, 2.45) is 0 Å². The maximum atomic E-state index is 12.8. The van der Waals surface area contributed by atoms with Gasteiger partial charge in [-0.15, -0.1) is 0 Å². The van der Waals surface area contributed by atoms with Crippen molar-refractivity contribution in [2.45, 2.75) is 236 Å². The van der Waals surface area contributed by atoms with Crippen LogP contribution in [0.15, 0.2) is 182 Å². The first kappa shape index (κ1) is 97.1. The van der Waals surface area contributed by atoms with Gasteiger partial charge in [0.25, 0.3) is 0 Å². The number of ether oxygens (including phenoxy) is 3.